The van der Waals surface area contributed by atoms with Crippen molar-refractivity contribution in [2.24, 2.45) is 0 Å². The Bertz CT molecular complexity index is 736. The smallest absolute Gasteiger partial charge is 0.410 e. The van der Waals surface area contributed by atoms with Gasteiger partial charge in [0.05, 0.1) is 18.8 Å². The van der Waals surface area contributed by atoms with Crippen molar-refractivity contribution in [2.45, 2.75) is 51.8 Å². The van der Waals surface area contributed by atoms with Gasteiger partial charge < -0.3 is 9.64 Å². The summed E-state index contributed by atoms with van der Waals surface area (Å²) in [5.41, 5.74) is 1.27. The lowest BCUT2D eigenvalue weighted by atomic mass is 10.2. The highest BCUT2D eigenvalue weighted by atomic mass is 35.5. The van der Waals surface area contributed by atoms with Gasteiger partial charge >= 0.3 is 6.09 Å². The molecule has 0 radical (unpaired) electrons. The lowest BCUT2D eigenvalue weighted by Gasteiger charge is -2.28. The third kappa shape index (κ3) is 4.51. The van der Waals surface area contributed by atoms with Crippen LogP contribution in [0.5, 0.6) is 0 Å². The number of likely N-dealkylation sites (tertiary alicyclic amines) is 1. The summed E-state index contributed by atoms with van der Waals surface area (Å²) in [5.74, 6) is 0. The molecular formula is C18H23ClN4O2. The lowest BCUT2D eigenvalue weighted by molar-refractivity contribution is 0.0211. The fraction of sp³-hybridized carbons (Fsp3) is 0.500. The average Bonchev–Trinajstić information content (AvgIpc) is 3.16. The van der Waals surface area contributed by atoms with Crippen molar-refractivity contribution >= 4 is 17.7 Å². The topological polar surface area (TPSA) is 60.2 Å². The van der Waals surface area contributed by atoms with Gasteiger partial charge in [0, 0.05) is 17.1 Å². The molecule has 7 heteroatoms. The van der Waals surface area contributed by atoms with Crippen LogP contribution in [0.3, 0.4) is 0 Å². The zero-order chi connectivity index (χ0) is 18.0. The Kier molecular flexibility index (Phi) is 4.99. The molecule has 134 valence electrons. The number of carbonyl (C=O) groups excluding carboxylic acids is 1. The minimum absolute atomic E-state index is 0.0783. The summed E-state index contributed by atoms with van der Waals surface area (Å²) in [6, 6.07) is 7.57. The van der Waals surface area contributed by atoms with Crippen LogP contribution in [0.1, 0.15) is 33.6 Å². The van der Waals surface area contributed by atoms with Crippen LogP contribution in [-0.4, -0.2) is 44.2 Å². The van der Waals surface area contributed by atoms with E-state index >= 15 is 0 Å². The Morgan fingerprint density at radius 3 is 2.72 bits per heavy atom. The second-order valence-electron chi connectivity index (χ2n) is 7.30. The van der Waals surface area contributed by atoms with Crippen LogP contribution >= 0.6 is 11.6 Å². The summed E-state index contributed by atoms with van der Waals surface area (Å²) in [7, 11) is 0. The zero-order valence-electron chi connectivity index (χ0n) is 14.8. The average molecular weight is 363 g/mol. The van der Waals surface area contributed by atoms with E-state index in [0.29, 0.717) is 11.6 Å². The minimum Gasteiger partial charge on any atom is -0.444 e. The molecular weight excluding hydrogens is 340 g/mol. The van der Waals surface area contributed by atoms with Gasteiger partial charge in [0.15, 0.2) is 0 Å². The first-order valence-corrected chi connectivity index (χ1v) is 8.85. The van der Waals surface area contributed by atoms with Gasteiger partial charge in [-0.15, -0.1) is 5.10 Å². The summed E-state index contributed by atoms with van der Waals surface area (Å²) in [6.07, 6.45) is 3.56. The fourth-order valence-corrected chi connectivity index (χ4v) is 3.07. The molecule has 6 nitrogen and oxygen atoms in total. The highest BCUT2D eigenvalue weighted by Gasteiger charge is 2.32. The molecule has 1 fully saturated rings. The molecule has 25 heavy (non-hydrogen) atoms. The Balaban J connectivity index is 1.67. The number of benzene rings is 1. The van der Waals surface area contributed by atoms with Gasteiger partial charge in [-0.2, -0.15) is 0 Å². The number of halogens is 1. The second kappa shape index (κ2) is 7.04. The quantitative estimate of drug-likeness (QED) is 0.828. The highest BCUT2D eigenvalue weighted by Crippen LogP contribution is 2.23. The number of aromatic nitrogens is 3. The molecule has 0 saturated carbocycles. The number of carbonyl (C=O) groups is 1. The van der Waals surface area contributed by atoms with Crippen molar-refractivity contribution in [3.05, 3.63) is 35.5 Å². The third-order valence-corrected chi connectivity index (χ3v) is 4.33. The molecule has 0 N–H and O–H groups in total. The van der Waals surface area contributed by atoms with Gasteiger partial charge in [0.25, 0.3) is 0 Å². The third-order valence-electron chi connectivity index (χ3n) is 4.08. The van der Waals surface area contributed by atoms with Crippen LogP contribution < -0.4 is 0 Å². The van der Waals surface area contributed by atoms with E-state index in [1.165, 1.54) is 0 Å². The fourth-order valence-electron chi connectivity index (χ4n) is 2.94. The summed E-state index contributed by atoms with van der Waals surface area (Å²) in [4.78, 5) is 14.2. The first kappa shape index (κ1) is 17.7. The maximum atomic E-state index is 12.4. The van der Waals surface area contributed by atoms with Crippen molar-refractivity contribution in [3.63, 3.8) is 0 Å². The van der Waals surface area contributed by atoms with Gasteiger partial charge in [-0.3, -0.25) is 0 Å². The van der Waals surface area contributed by atoms with E-state index in [4.69, 9.17) is 16.3 Å². The molecule has 1 aromatic carbocycles. The number of nitrogens with zero attached hydrogens (tertiary/aromatic N) is 4. The monoisotopic (exact) mass is 362 g/mol. The van der Waals surface area contributed by atoms with Crippen LogP contribution in [0.4, 0.5) is 4.79 Å². The van der Waals surface area contributed by atoms with Crippen LogP contribution in [0, 0.1) is 0 Å². The minimum atomic E-state index is -0.487. The van der Waals surface area contributed by atoms with E-state index in [1.54, 1.807) is 9.58 Å². The Hall–Kier alpha value is -2.08. The molecule has 0 bridgehead atoms. The first-order valence-electron chi connectivity index (χ1n) is 8.47. The van der Waals surface area contributed by atoms with Crippen molar-refractivity contribution in [1.29, 1.82) is 0 Å². The van der Waals surface area contributed by atoms with Crippen LogP contribution in [0.15, 0.2) is 30.5 Å². The molecule has 0 unspecified atom stereocenters. The Morgan fingerprint density at radius 1 is 1.32 bits per heavy atom. The van der Waals surface area contributed by atoms with Crippen molar-refractivity contribution < 1.29 is 9.53 Å². The lowest BCUT2D eigenvalue weighted by Crippen LogP contribution is -2.41. The second-order valence-corrected chi connectivity index (χ2v) is 7.74. The first-order chi connectivity index (χ1) is 11.8. The molecule has 1 amide bonds. The van der Waals surface area contributed by atoms with E-state index in [1.807, 2.05) is 51.2 Å². The predicted molar refractivity (Wildman–Crippen MR) is 96.4 cm³/mol. The van der Waals surface area contributed by atoms with E-state index < -0.39 is 5.60 Å². The molecule has 2 aromatic rings. The van der Waals surface area contributed by atoms with Gasteiger partial charge in [-0.1, -0.05) is 28.9 Å². The number of hydrogen-bond acceptors (Lipinski definition) is 4. The summed E-state index contributed by atoms with van der Waals surface area (Å²) >= 11 is 5.92. The summed E-state index contributed by atoms with van der Waals surface area (Å²) < 4.78 is 7.29. The van der Waals surface area contributed by atoms with Gasteiger partial charge in [0.1, 0.15) is 11.3 Å². The molecule has 1 aliphatic rings. The van der Waals surface area contributed by atoms with E-state index in [0.717, 1.165) is 30.6 Å². The Labute approximate surface area is 152 Å². The predicted octanol–water partition coefficient (Wildman–Crippen LogP) is 4.00. The van der Waals surface area contributed by atoms with Crippen molar-refractivity contribution in [3.8, 4) is 11.3 Å². The normalized spacial score (nSPS) is 17.8. The molecule has 1 atom stereocenters. The molecule has 1 saturated heterocycles. The van der Waals surface area contributed by atoms with Crippen LogP contribution in [0.25, 0.3) is 11.3 Å². The number of amides is 1. The summed E-state index contributed by atoms with van der Waals surface area (Å²) in [6.45, 7) is 6.97. The van der Waals surface area contributed by atoms with E-state index in [2.05, 4.69) is 10.3 Å². The maximum Gasteiger partial charge on any atom is 0.410 e. The Morgan fingerprint density at radius 2 is 2.04 bits per heavy atom. The SMILES string of the molecule is CC(C)(C)OC(=O)N1CCC[C@H]1Cn1cc(-c2ccc(Cl)cc2)nn1. The van der Waals surface area contributed by atoms with Gasteiger partial charge in [-0.25, -0.2) is 9.48 Å². The molecule has 1 aromatic heterocycles. The van der Waals surface area contributed by atoms with Gasteiger partial charge in [0.2, 0.25) is 0 Å². The van der Waals surface area contributed by atoms with E-state index in [-0.39, 0.29) is 12.1 Å². The molecule has 0 spiro atoms. The molecule has 0 aliphatic carbocycles. The summed E-state index contributed by atoms with van der Waals surface area (Å²) in [5, 5.41) is 9.11. The van der Waals surface area contributed by atoms with Gasteiger partial charge in [-0.05, 0) is 45.7 Å². The zero-order valence-corrected chi connectivity index (χ0v) is 15.5. The maximum absolute atomic E-state index is 12.4. The standard InChI is InChI=1S/C18H23ClN4O2/c1-18(2,3)25-17(24)23-10-4-5-15(23)11-22-12-16(20-21-22)13-6-8-14(19)9-7-13/h6-9,12,15H,4-5,10-11H2,1-3H3/t15-/m0/s1. The number of hydrogen-bond donors (Lipinski definition) is 0. The van der Waals surface area contributed by atoms with Crippen molar-refractivity contribution in [1.82, 2.24) is 19.9 Å². The molecule has 3 rings (SSSR count). The number of rotatable bonds is 3. The number of ether oxygens (including phenoxy) is 1. The van der Waals surface area contributed by atoms with E-state index in [9.17, 15) is 4.79 Å². The molecule has 2 heterocycles. The van der Waals surface area contributed by atoms with Crippen LogP contribution in [0.2, 0.25) is 5.02 Å². The molecule has 1 aliphatic heterocycles. The highest BCUT2D eigenvalue weighted by molar-refractivity contribution is 6.30. The van der Waals surface area contributed by atoms with Crippen molar-refractivity contribution in [2.75, 3.05) is 6.54 Å². The largest absolute Gasteiger partial charge is 0.444 e. The van der Waals surface area contributed by atoms with Crippen LogP contribution in [-0.2, 0) is 11.3 Å².